The van der Waals surface area contributed by atoms with Gasteiger partial charge in [0.1, 0.15) is 19.8 Å². The van der Waals surface area contributed by atoms with Crippen molar-refractivity contribution in [3.63, 3.8) is 0 Å². The lowest BCUT2D eigenvalue weighted by molar-refractivity contribution is -0.870. The summed E-state index contributed by atoms with van der Waals surface area (Å²) in [5, 5.41) is 0. The van der Waals surface area contributed by atoms with Gasteiger partial charge >= 0.3 is 19.8 Å². The Bertz CT molecular complexity index is 1050. The van der Waals surface area contributed by atoms with Crippen molar-refractivity contribution in [1.82, 2.24) is 0 Å². The number of ether oxygens (including phenoxy) is 2. The summed E-state index contributed by atoms with van der Waals surface area (Å²) in [6.07, 6.45) is 40.1. The maximum atomic E-state index is 12.7. The maximum absolute atomic E-state index is 12.7. The molecule has 0 aliphatic heterocycles. The van der Waals surface area contributed by atoms with Crippen molar-refractivity contribution in [2.45, 2.75) is 168 Å². The topological polar surface area (TPSA) is 108 Å². The summed E-state index contributed by atoms with van der Waals surface area (Å²) in [7, 11) is 1.46. The summed E-state index contributed by atoms with van der Waals surface area (Å²) in [6, 6.07) is 0. The third-order valence-corrected chi connectivity index (χ3v) is 9.58. The number of hydrogen-bond donors (Lipinski definition) is 1. The van der Waals surface area contributed by atoms with Gasteiger partial charge in [-0.05, 0) is 70.6 Å². The molecule has 0 rings (SSSR count). The molecule has 0 bridgehead atoms. The largest absolute Gasteiger partial charge is 0.472 e. The van der Waals surface area contributed by atoms with Crippen LogP contribution < -0.4 is 0 Å². The molecular formula is C43H79NO8P+. The van der Waals surface area contributed by atoms with Crippen molar-refractivity contribution < 1.29 is 42.1 Å². The molecule has 0 aromatic heterocycles. The molecule has 9 nitrogen and oxygen atoms in total. The minimum absolute atomic E-state index is 0.0267. The molecular weight excluding hydrogens is 689 g/mol. The van der Waals surface area contributed by atoms with Crippen molar-refractivity contribution in [1.29, 1.82) is 0 Å². The monoisotopic (exact) mass is 769 g/mol. The minimum atomic E-state index is -4.38. The predicted molar refractivity (Wildman–Crippen MR) is 220 cm³/mol. The van der Waals surface area contributed by atoms with E-state index in [2.05, 4.69) is 62.5 Å². The van der Waals surface area contributed by atoms with Crippen molar-refractivity contribution in [2.75, 3.05) is 47.5 Å². The van der Waals surface area contributed by atoms with Gasteiger partial charge in [-0.1, -0.05) is 127 Å². The van der Waals surface area contributed by atoms with Gasteiger partial charge in [0.25, 0.3) is 0 Å². The van der Waals surface area contributed by atoms with E-state index in [1.807, 2.05) is 21.1 Å². The highest BCUT2D eigenvalue weighted by Crippen LogP contribution is 2.43. The Morgan fingerprint density at radius 1 is 0.604 bits per heavy atom. The number of esters is 2. The second-order valence-electron chi connectivity index (χ2n) is 15.0. The lowest BCUT2D eigenvalue weighted by atomic mass is 10.1. The van der Waals surface area contributed by atoms with Gasteiger partial charge in [-0.15, -0.1) is 0 Å². The average molecular weight is 769 g/mol. The fraction of sp³-hybridized carbons (Fsp3) is 0.767. The van der Waals surface area contributed by atoms with Crippen molar-refractivity contribution in [3.8, 4) is 0 Å². The van der Waals surface area contributed by atoms with Crippen LogP contribution in [0.5, 0.6) is 0 Å². The van der Waals surface area contributed by atoms with Gasteiger partial charge < -0.3 is 18.9 Å². The highest BCUT2D eigenvalue weighted by Gasteiger charge is 2.27. The van der Waals surface area contributed by atoms with Crippen LogP contribution in [0.3, 0.4) is 0 Å². The molecule has 0 fully saturated rings. The zero-order valence-electron chi connectivity index (χ0n) is 34.5. The number of carbonyl (C=O) groups is 2. The molecule has 0 amide bonds. The molecule has 0 aliphatic carbocycles. The van der Waals surface area contributed by atoms with E-state index >= 15 is 0 Å². The summed E-state index contributed by atoms with van der Waals surface area (Å²) in [6.45, 7) is 4.25. The Kier molecular flexibility index (Phi) is 34.3. The maximum Gasteiger partial charge on any atom is 0.472 e. The number of unbranched alkanes of at least 4 members (excludes halogenated alkanes) is 15. The number of likely N-dealkylation sites (N-methyl/N-ethyl adjacent to an activating group) is 1. The molecule has 0 radical (unpaired) electrons. The van der Waals surface area contributed by atoms with E-state index in [0.717, 1.165) is 83.5 Å². The lowest BCUT2D eigenvalue weighted by Gasteiger charge is -2.24. The van der Waals surface area contributed by atoms with Crippen LogP contribution in [0.15, 0.2) is 48.6 Å². The van der Waals surface area contributed by atoms with E-state index in [0.29, 0.717) is 17.4 Å². The molecule has 2 atom stereocenters. The van der Waals surface area contributed by atoms with Crippen LogP contribution >= 0.6 is 7.82 Å². The highest BCUT2D eigenvalue weighted by molar-refractivity contribution is 7.47. The van der Waals surface area contributed by atoms with Crippen molar-refractivity contribution in [3.05, 3.63) is 48.6 Å². The zero-order chi connectivity index (χ0) is 39.3. The summed E-state index contributed by atoms with van der Waals surface area (Å²) in [4.78, 5) is 35.3. The predicted octanol–water partition coefficient (Wildman–Crippen LogP) is 11.5. The van der Waals surface area contributed by atoms with Gasteiger partial charge in [-0.2, -0.15) is 0 Å². The average Bonchev–Trinajstić information content (AvgIpc) is 3.10. The Balaban J connectivity index is 4.41. The standard InChI is InChI=1S/C43H78NO8P/c1-6-8-10-12-14-16-18-20-21-22-23-24-26-28-30-32-34-36-43(46)52-41(40-51-53(47,48)50-38-37-44(3,4)5)39-49-42(45)35-33-31-29-27-25-19-17-15-13-11-9-7-2/h8,10,14-17,20-21,41H,6-7,9,11-13,18-19,22-40H2,1-5H3/p+1/b10-8-,16-14-,17-15-,21-20-. The molecule has 0 aromatic rings. The van der Waals surface area contributed by atoms with Gasteiger partial charge in [0.15, 0.2) is 6.10 Å². The third kappa shape index (κ3) is 39.5. The first-order valence-electron chi connectivity index (χ1n) is 20.9. The van der Waals surface area contributed by atoms with Crippen LogP contribution in [0.1, 0.15) is 162 Å². The number of allylic oxidation sites excluding steroid dienone is 8. The highest BCUT2D eigenvalue weighted by atomic mass is 31.2. The van der Waals surface area contributed by atoms with Crippen LogP contribution in [0, 0.1) is 0 Å². The Morgan fingerprint density at radius 2 is 1.08 bits per heavy atom. The number of quaternary nitrogens is 1. The summed E-state index contributed by atoms with van der Waals surface area (Å²) in [5.41, 5.74) is 0. The SMILES string of the molecule is CC/C=C\C/C=C\C/C=C\CCCCCCCCCC(=O)OC(COC(=O)CCCCCCC/C=C\CCCCC)COP(=O)(O)OCC[N+](C)(C)C. The van der Waals surface area contributed by atoms with E-state index in [4.69, 9.17) is 18.5 Å². The Hall–Kier alpha value is -2.03. The third-order valence-electron chi connectivity index (χ3n) is 8.59. The molecule has 0 aliphatic rings. The van der Waals surface area contributed by atoms with Crippen LogP contribution in [-0.2, 0) is 32.7 Å². The van der Waals surface area contributed by atoms with Crippen LogP contribution in [0.2, 0.25) is 0 Å². The molecule has 10 heteroatoms. The molecule has 308 valence electrons. The smallest absolute Gasteiger partial charge is 0.462 e. The molecule has 0 spiro atoms. The molecule has 2 unspecified atom stereocenters. The van der Waals surface area contributed by atoms with Crippen molar-refractivity contribution in [2.24, 2.45) is 0 Å². The summed E-state index contributed by atoms with van der Waals surface area (Å²) < 4.78 is 34.2. The number of rotatable bonds is 37. The second kappa shape index (κ2) is 35.7. The Labute approximate surface area is 324 Å². The molecule has 0 saturated carbocycles. The number of nitrogens with zero attached hydrogens (tertiary/aromatic N) is 1. The second-order valence-corrected chi connectivity index (χ2v) is 16.4. The van der Waals surface area contributed by atoms with Gasteiger partial charge in [-0.3, -0.25) is 18.6 Å². The van der Waals surface area contributed by atoms with E-state index in [9.17, 15) is 19.0 Å². The molecule has 0 saturated heterocycles. The molecule has 0 aromatic carbocycles. The first-order chi connectivity index (χ1) is 25.5. The summed E-state index contributed by atoms with van der Waals surface area (Å²) in [5.74, 6) is -0.824. The number of hydrogen-bond acceptors (Lipinski definition) is 7. The van der Waals surface area contributed by atoms with E-state index < -0.39 is 26.5 Å². The number of phosphoric acid groups is 1. The van der Waals surface area contributed by atoms with Crippen molar-refractivity contribution >= 4 is 19.8 Å². The quantitative estimate of drug-likeness (QED) is 0.0219. The Morgan fingerprint density at radius 3 is 1.62 bits per heavy atom. The van der Waals surface area contributed by atoms with Gasteiger partial charge in [-0.25, -0.2) is 4.57 Å². The van der Waals surface area contributed by atoms with Gasteiger partial charge in [0.05, 0.1) is 27.7 Å². The molecule has 53 heavy (non-hydrogen) atoms. The van der Waals surface area contributed by atoms with Crippen LogP contribution in [-0.4, -0.2) is 74.9 Å². The number of phosphoric ester groups is 1. The fourth-order valence-electron chi connectivity index (χ4n) is 5.32. The molecule has 1 N–H and O–H groups in total. The van der Waals surface area contributed by atoms with Crippen LogP contribution in [0.4, 0.5) is 0 Å². The molecule has 0 heterocycles. The van der Waals surface area contributed by atoms with E-state index in [-0.39, 0.29) is 32.0 Å². The summed E-state index contributed by atoms with van der Waals surface area (Å²) >= 11 is 0. The van der Waals surface area contributed by atoms with Gasteiger partial charge in [0, 0.05) is 12.8 Å². The van der Waals surface area contributed by atoms with Crippen LogP contribution in [0.25, 0.3) is 0 Å². The zero-order valence-corrected chi connectivity index (χ0v) is 35.4. The van der Waals surface area contributed by atoms with E-state index in [1.165, 1.54) is 44.9 Å². The number of carbonyl (C=O) groups excluding carboxylic acids is 2. The first-order valence-corrected chi connectivity index (χ1v) is 22.4. The fourth-order valence-corrected chi connectivity index (χ4v) is 6.06. The normalized spacial score (nSPS) is 14.2. The first kappa shape index (κ1) is 51.0. The minimum Gasteiger partial charge on any atom is -0.462 e. The lowest BCUT2D eigenvalue weighted by Crippen LogP contribution is -2.37. The van der Waals surface area contributed by atoms with Gasteiger partial charge in [0.2, 0.25) is 0 Å². The van der Waals surface area contributed by atoms with E-state index in [1.54, 1.807) is 0 Å².